The van der Waals surface area contributed by atoms with Gasteiger partial charge in [-0.25, -0.2) is 0 Å². The Morgan fingerprint density at radius 3 is 2.43 bits per heavy atom. The first-order valence-electron chi connectivity index (χ1n) is 8.64. The van der Waals surface area contributed by atoms with Crippen molar-refractivity contribution in [2.24, 2.45) is 5.16 Å². The Bertz CT molecular complexity index is 983. The third-order valence-corrected chi connectivity index (χ3v) is 5.54. The number of halogens is 5. The summed E-state index contributed by atoms with van der Waals surface area (Å²) in [5, 5.41) is 3.91. The molecule has 0 N–H and O–H groups in total. The van der Waals surface area contributed by atoms with E-state index in [4.69, 9.17) is 28.0 Å². The Labute approximate surface area is 169 Å². The van der Waals surface area contributed by atoms with Crippen molar-refractivity contribution in [3.63, 3.8) is 0 Å². The average Bonchev–Trinajstić information content (AvgIpc) is 3.07. The molecule has 1 atom stereocenters. The molecule has 0 bridgehead atoms. The van der Waals surface area contributed by atoms with Gasteiger partial charge in [0.1, 0.15) is 0 Å². The largest absolute Gasteiger partial charge is 0.435 e. The van der Waals surface area contributed by atoms with Crippen LogP contribution in [0.3, 0.4) is 0 Å². The minimum Gasteiger partial charge on any atom is -0.374 e. The molecular weight excluding hydrogens is 414 g/mol. The molecule has 2 aliphatic rings. The maximum Gasteiger partial charge on any atom is 0.435 e. The number of hydrogen-bond acceptors (Lipinski definition) is 3. The number of ketones is 1. The monoisotopic (exact) mass is 427 g/mol. The molecule has 0 amide bonds. The lowest BCUT2D eigenvalue weighted by Gasteiger charge is -2.29. The Balaban J connectivity index is 1.72. The first-order chi connectivity index (χ1) is 13.2. The standard InChI is InChI=1S/C20H14Cl2F3NO2/c21-14-7-13(8-15(22)9-14)19(20(23,24)25)10-17(26-28-19)12-4-5-16-11(6-12)2-1-3-18(16)27/h4-9H,1-3,10H2. The molecule has 1 aliphatic heterocycles. The third-order valence-electron chi connectivity index (χ3n) is 5.10. The second-order valence-corrected chi connectivity index (χ2v) is 7.81. The van der Waals surface area contributed by atoms with Gasteiger partial charge in [0.15, 0.2) is 5.78 Å². The Kier molecular flexibility index (Phi) is 4.67. The van der Waals surface area contributed by atoms with Crippen LogP contribution in [0.4, 0.5) is 13.2 Å². The van der Waals surface area contributed by atoms with Gasteiger partial charge in [0.2, 0.25) is 0 Å². The molecule has 1 heterocycles. The second-order valence-electron chi connectivity index (χ2n) is 6.94. The number of carbonyl (C=O) groups is 1. The summed E-state index contributed by atoms with van der Waals surface area (Å²) in [5.41, 5.74) is -0.751. The number of hydrogen-bond donors (Lipinski definition) is 0. The summed E-state index contributed by atoms with van der Waals surface area (Å²) in [6.45, 7) is 0. The second kappa shape index (κ2) is 6.78. The maximum atomic E-state index is 14.0. The van der Waals surface area contributed by atoms with E-state index < -0.39 is 18.2 Å². The molecule has 1 aliphatic carbocycles. The van der Waals surface area contributed by atoms with Gasteiger partial charge in [0.05, 0.1) is 5.71 Å². The minimum atomic E-state index is -4.74. The number of oxime groups is 1. The molecule has 0 saturated heterocycles. The van der Waals surface area contributed by atoms with Crippen molar-refractivity contribution in [2.75, 3.05) is 0 Å². The Hall–Kier alpha value is -2.05. The molecule has 2 aromatic carbocycles. The molecule has 0 radical (unpaired) electrons. The SMILES string of the molecule is O=C1CCCc2cc(C3=NOC(c4cc(Cl)cc(Cl)c4)(C(F)(F)F)C3)ccc21. The van der Waals surface area contributed by atoms with Crippen molar-refractivity contribution in [2.45, 2.75) is 37.5 Å². The molecule has 4 rings (SSSR count). The predicted molar refractivity (Wildman–Crippen MR) is 100 cm³/mol. The maximum absolute atomic E-state index is 14.0. The zero-order chi connectivity index (χ0) is 20.1. The molecule has 3 nitrogen and oxygen atoms in total. The van der Waals surface area contributed by atoms with Crippen LogP contribution in [0.5, 0.6) is 0 Å². The van der Waals surface area contributed by atoms with Crippen LogP contribution in [-0.4, -0.2) is 17.7 Å². The smallest absolute Gasteiger partial charge is 0.374 e. The van der Waals surface area contributed by atoms with Gasteiger partial charge in [-0.15, -0.1) is 0 Å². The summed E-state index contributed by atoms with van der Waals surface area (Å²) in [5.74, 6) is 0.0515. The van der Waals surface area contributed by atoms with Crippen LogP contribution in [0, 0.1) is 0 Å². The summed E-state index contributed by atoms with van der Waals surface area (Å²) in [4.78, 5) is 17.0. The van der Waals surface area contributed by atoms with Gasteiger partial charge in [-0.05, 0) is 48.2 Å². The van der Waals surface area contributed by atoms with Crippen LogP contribution in [0.15, 0.2) is 41.6 Å². The van der Waals surface area contributed by atoms with Crippen LogP contribution in [0.1, 0.15) is 46.3 Å². The van der Waals surface area contributed by atoms with E-state index in [0.29, 0.717) is 24.0 Å². The molecule has 0 fully saturated rings. The van der Waals surface area contributed by atoms with Gasteiger partial charge in [0.25, 0.3) is 5.60 Å². The lowest BCUT2D eigenvalue weighted by atomic mass is 9.84. The molecule has 0 saturated carbocycles. The summed E-state index contributed by atoms with van der Waals surface area (Å²) in [6, 6.07) is 8.72. The summed E-state index contributed by atoms with van der Waals surface area (Å²) in [6.07, 6.45) is -3.33. The van der Waals surface area contributed by atoms with Crippen LogP contribution < -0.4 is 0 Å². The van der Waals surface area contributed by atoms with E-state index in [9.17, 15) is 18.0 Å². The van der Waals surface area contributed by atoms with E-state index in [-0.39, 0.29) is 27.1 Å². The average molecular weight is 428 g/mol. The Morgan fingerprint density at radius 2 is 1.75 bits per heavy atom. The van der Waals surface area contributed by atoms with E-state index in [0.717, 1.165) is 12.0 Å². The van der Waals surface area contributed by atoms with E-state index >= 15 is 0 Å². The molecular formula is C20H14Cl2F3NO2. The number of benzene rings is 2. The normalized spacial score (nSPS) is 21.9. The van der Waals surface area contributed by atoms with Crippen molar-refractivity contribution in [3.05, 3.63) is 68.7 Å². The fourth-order valence-electron chi connectivity index (χ4n) is 3.67. The lowest BCUT2D eigenvalue weighted by molar-refractivity contribution is -0.275. The van der Waals surface area contributed by atoms with Gasteiger partial charge in [-0.2, -0.15) is 13.2 Å². The highest BCUT2D eigenvalue weighted by Gasteiger charge is 2.62. The van der Waals surface area contributed by atoms with Gasteiger partial charge in [0, 0.05) is 34.0 Å². The summed E-state index contributed by atoms with van der Waals surface area (Å²) in [7, 11) is 0. The highest BCUT2D eigenvalue weighted by Crippen LogP contribution is 2.49. The van der Waals surface area contributed by atoms with E-state index in [2.05, 4.69) is 5.16 Å². The summed E-state index contributed by atoms with van der Waals surface area (Å²) >= 11 is 11.8. The van der Waals surface area contributed by atoms with Crippen molar-refractivity contribution < 1.29 is 22.8 Å². The fourth-order valence-corrected chi connectivity index (χ4v) is 4.20. The van der Waals surface area contributed by atoms with Crippen LogP contribution in [-0.2, 0) is 16.9 Å². The highest BCUT2D eigenvalue weighted by atomic mass is 35.5. The highest BCUT2D eigenvalue weighted by molar-refractivity contribution is 6.34. The summed E-state index contributed by atoms with van der Waals surface area (Å²) < 4.78 is 42.1. The molecule has 1 unspecified atom stereocenters. The minimum absolute atomic E-state index is 0.0515. The first-order valence-corrected chi connectivity index (χ1v) is 9.40. The fraction of sp³-hybridized carbons (Fsp3) is 0.300. The van der Waals surface area contributed by atoms with Crippen molar-refractivity contribution >= 4 is 34.7 Å². The molecule has 28 heavy (non-hydrogen) atoms. The van der Waals surface area contributed by atoms with Gasteiger partial charge in [-0.3, -0.25) is 4.79 Å². The lowest BCUT2D eigenvalue weighted by Crippen LogP contribution is -2.42. The van der Waals surface area contributed by atoms with Crippen LogP contribution in [0.25, 0.3) is 0 Å². The third kappa shape index (κ3) is 3.18. The topological polar surface area (TPSA) is 38.7 Å². The molecule has 146 valence electrons. The zero-order valence-electron chi connectivity index (χ0n) is 14.4. The van der Waals surface area contributed by atoms with E-state index in [1.54, 1.807) is 18.2 Å². The number of aryl methyl sites for hydroxylation is 1. The van der Waals surface area contributed by atoms with E-state index in [1.807, 2.05) is 0 Å². The molecule has 0 aromatic heterocycles. The van der Waals surface area contributed by atoms with Gasteiger partial charge in [-0.1, -0.05) is 40.5 Å². The van der Waals surface area contributed by atoms with Crippen LogP contribution >= 0.6 is 23.2 Å². The molecule has 0 spiro atoms. The van der Waals surface area contributed by atoms with Crippen molar-refractivity contribution in [1.29, 1.82) is 0 Å². The Morgan fingerprint density at radius 1 is 1.04 bits per heavy atom. The number of nitrogens with zero attached hydrogens (tertiary/aromatic N) is 1. The molecule has 2 aromatic rings. The predicted octanol–water partition coefficient (Wildman–Crippen LogP) is 6.09. The van der Waals surface area contributed by atoms with Crippen LogP contribution in [0.2, 0.25) is 10.0 Å². The van der Waals surface area contributed by atoms with Gasteiger partial charge >= 0.3 is 6.18 Å². The van der Waals surface area contributed by atoms with Gasteiger partial charge < -0.3 is 4.84 Å². The first kappa shape index (κ1) is 19.3. The quantitative estimate of drug-likeness (QED) is 0.580. The number of rotatable bonds is 2. The number of fused-ring (bicyclic) bond motifs is 1. The number of alkyl halides is 3. The zero-order valence-corrected chi connectivity index (χ0v) is 16.0. The van der Waals surface area contributed by atoms with Crippen molar-refractivity contribution in [1.82, 2.24) is 0 Å². The molecule has 8 heteroatoms. The number of Topliss-reactive ketones (excluding diaryl/α,β-unsaturated/α-hetero) is 1. The van der Waals surface area contributed by atoms with Crippen molar-refractivity contribution in [3.8, 4) is 0 Å². The number of carbonyl (C=O) groups excluding carboxylic acids is 1. The van der Waals surface area contributed by atoms with E-state index in [1.165, 1.54) is 18.2 Å².